The van der Waals surface area contributed by atoms with Crippen molar-refractivity contribution >= 4 is 5.97 Å². The lowest BCUT2D eigenvalue weighted by molar-refractivity contribution is -0.132. The molecule has 2 nitrogen and oxygen atoms in total. The van der Waals surface area contributed by atoms with Crippen LogP contribution in [0.15, 0.2) is 11.6 Å². The second-order valence-electron chi connectivity index (χ2n) is 4.93. The lowest BCUT2D eigenvalue weighted by Crippen LogP contribution is -1.95. The van der Waals surface area contributed by atoms with Crippen molar-refractivity contribution in [2.75, 3.05) is 0 Å². The van der Waals surface area contributed by atoms with Crippen molar-refractivity contribution in [1.29, 1.82) is 0 Å². The van der Waals surface area contributed by atoms with Crippen molar-refractivity contribution in [3.63, 3.8) is 0 Å². The molecule has 0 heterocycles. The lowest BCUT2D eigenvalue weighted by atomic mass is 10.0. The second-order valence-corrected chi connectivity index (χ2v) is 4.93. The molecular formula is C14H26O2. The number of carbonyl (C=O) groups is 1. The second kappa shape index (κ2) is 9.44. The van der Waals surface area contributed by atoms with Crippen LogP contribution >= 0.6 is 0 Å². The molecule has 0 radical (unpaired) electrons. The number of aliphatic carboxylic acids is 1. The van der Waals surface area contributed by atoms with Gasteiger partial charge in [-0.3, -0.25) is 0 Å². The van der Waals surface area contributed by atoms with E-state index in [0.29, 0.717) is 5.57 Å². The quantitative estimate of drug-likeness (QED) is 0.467. The first-order chi connectivity index (χ1) is 7.54. The van der Waals surface area contributed by atoms with Gasteiger partial charge in [-0.25, -0.2) is 4.79 Å². The molecule has 0 aliphatic carbocycles. The van der Waals surface area contributed by atoms with E-state index in [9.17, 15) is 4.79 Å². The molecule has 94 valence electrons. The minimum atomic E-state index is -0.795. The summed E-state index contributed by atoms with van der Waals surface area (Å²) in [4.78, 5) is 10.5. The molecule has 0 aromatic carbocycles. The van der Waals surface area contributed by atoms with Crippen LogP contribution in [-0.4, -0.2) is 11.1 Å². The van der Waals surface area contributed by atoms with E-state index in [-0.39, 0.29) is 0 Å². The number of hydrogen-bond acceptors (Lipinski definition) is 1. The van der Waals surface area contributed by atoms with Gasteiger partial charge >= 0.3 is 5.97 Å². The summed E-state index contributed by atoms with van der Waals surface area (Å²) in [6.07, 6.45) is 10.3. The molecule has 0 saturated heterocycles. The largest absolute Gasteiger partial charge is 0.478 e. The normalized spacial score (nSPS) is 12.1. The van der Waals surface area contributed by atoms with Crippen LogP contribution in [0.3, 0.4) is 0 Å². The molecule has 0 aliphatic rings. The Kier molecular flexibility index (Phi) is 8.97. The summed E-state index contributed by atoms with van der Waals surface area (Å²) in [6.45, 7) is 6.18. The third-order valence-corrected chi connectivity index (χ3v) is 2.77. The van der Waals surface area contributed by atoms with Gasteiger partial charge in [-0.15, -0.1) is 0 Å². The van der Waals surface area contributed by atoms with E-state index >= 15 is 0 Å². The van der Waals surface area contributed by atoms with Crippen LogP contribution in [0.25, 0.3) is 0 Å². The summed E-state index contributed by atoms with van der Waals surface area (Å²) in [7, 11) is 0. The first-order valence-electron chi connectivity index (χ1n) is 6.44. The van der Waals surface area contributed by atoms with Gasteiger partial charge < -0.3 is 5.11 Å². The predicted molar refractivity (Wildman–Crippen MR) is 68.5 cm³/mol. The van der Waals surface area contributed by atoms with Gasteiger partial charge in [0.1, 0.15) is 0 Å². The van der Waals surface area contributed by atoms with E-state index in [1.807, 2.05) is 6.08 Å². The van der Waals surface area contributed by atoms with Gasteiger partial charge in [0.25, 0.3) is 0 Å². The number of allylic oxidation sites excluding steroid dienone is 1. The van der Waals surface area contributed by atoms with E-state index in [0.717, 1.165) is 18.8 Å². The Morgan fingerprint density at radius 3 is 2.25 bits per heavy atom. The molecule has 0 saturated carbocycles. The molecule has 1 N–H and O–H groups in total. The number of unbranched alkanes of at least 4 members (excludes halogenated alkanes) is 5. The fraction of sp³-hybridized carbons (Fsp3) is 0.786. The van der Waals surface area contributed by atoms with Crippen LogP contribution in [0, 0.1) is 5.92 Å². The Labute approximate surface area is 99.7 Å². The van der Waals surface area contributed by atoms with E-state index in [2.05, 4.69) is 13.8 Å². The Hall–Kier alpha value is -0.790. The minimum Gasteiger partial charge on any atom is -0.478 e. The summed E-state index contributed by atoms with van der Waals surface area (Å²) in [5.41, 5.74) is 0.472. The highest BCUT2D eigenvalue weighted by Gasteiger charge is 1.98. The van der Waals surface area contributed by atoms with E-state index in [4.69, 9.17) is 5.11 Å². The third-order valence-electron chi connectivity index (χ3n) is 2.77. The van der Waals surface area contributed by atoms with Gasteiger partial charge in [-0.1, -0.05) is 52.0 Å². The molecule has 0 bridgehead atoms. The minimum absolute atomic E-state index is 0.472. The highest BCUT2D eigenvalue weighted by atomic mass is 16.4. The van der Waals surface area contributed by atoms with Gasteiger partial charge in [-0.2, -0.15) is 0 Å². The number of carboxylic acids is 1. The molecular weight excluding hydrogens is 200 g/mol. The van der Waals surface area contributed by atoms with E-state index in [1.165, 1.54) is 32.1 Å². The van der Waals surface area contributed by atoms with Crippen LogP contribution in [0.1, 0.15) is 65.7 Å². The maximum absolute atomic E-state index is 10.5. The molecule has 0 unspecified atom stereocenters. The molecule has 0 aromatic rings. The number of hydrogen-bond donors (Lipinski definition) is 1. The Bertz CT molecular complexity index is 217. The zero-order chi connectivity index (χ0) is 12.4. The highest BCUT2D eigenvalue weighted by Crippen LogP contribution is 2.11. The zero-order valence-corrected chi connectivity index (χ0v) is 11.0. The van der Waals surface area contributed by atoms with Crippen molar-refractivity contribution in [3.05, 3.63) is 11.6 Å². The predicted octanol–water partition coefficient (Wildman–Crippen LogP) is 4.40. The summed E-state index contributed by atoms with van der Waals surface area (Å²) in [6, 6.07) is 0. The van der Waals surface area contributed by atoms with Crippen LogP contribution in [0.4, 0.5) is 0 Å². The van der Waals surface area contributed by atoms with Crippen LogP contribution in [-0.2, 0) is 4.79 Å². The highest BCUT2D eigenvalue weighted by molar-refractivity contribution is 5.85. The molecule has 0 spiro atoms. The zero-order valence-electron chi connectivity index (χ0n) is 11.0. The molecule has 0 aliphatic heterocycles. The van der Waals surface area contributed by atoms with Crippen molar-refractivity contribution in [2.45, 2.75) is 65.7 Å². The van der Waals surface area contributed by atoms with Gasteiger partial charge in [0.15, 0.2) is 0 Å². The van der Waals surface area contributed by atoms with Crippen molar-refractivity contribution in [2.24, 2.45) is 5.92 Å². The van der Waals surface area contributed by atoms with Gasteiger partial charge in [-0.05, 0) is 25.7 Å². The van der Waals surface area contributed by atoms with Crippen LogP contribution in [0.5, 0.6) is 0 Å². The molecule has 0 rings (SSSR count). The summed E-state index contributed by atoms with van der Waals surface area (Å²) >= 11 is 0. The fourth-order valence-electron chi connectivity index (χ4n) is 1.63. The summed E-state index contributed by atoms with van der Waals surface area (Å²) in [5.74, 6) is 0.0260. The number of rotatable bonds is 9. The van der Waals surface area contributed by atoms with E-state index in [1.54, 1.807) is 6.92 Å². The topological polar surface area (TPSA) is 37.3 Å². The smallest absolute Gasteiger partial charge is 0.330 e. The van der Waals surface area contributed by atoms with E-state index < -0.39 is 5.97 Å². The molecule has 0 fully saturated rings. The summed E-state index contributed by atoms with van der Waals surface area (Å²) < 4.78 is 0. The average Bonchev–Trinajstić information content (AvgIpc) is 2.21. The van der Waals surface area contributed by atoms with Crippen molar-refractivity contribution < 1.29 is 9.90 Å². The van der Waals surface area contributed by atoms with Gasteiger partial charge in [0, 0.05) is 5.57 Å². The van der Waals surface area contributed by atoms with Crippen LogP contribution in [0.2, 0.25) is 0 Å². The fourth-order valence-corrected chi connectivity index (χ4v) is 1.63. The molecule has 0 aromatic heterocycles. The molecule has 2 heteroatoms. The Morgan fingerprint density at radius 2 is 1.69 bits per heavy atom. The van der Waals surface area contributed by atoms with Crippen molar-refractivity contribution in [1.82, 2.24) is 0 Å². The molecule has 0 atom stereocenters. The maximum Gasteiger partial charge on any atom is 0.330 e. The first kappa shape index (κ1) is 15.2. The van der Waals surface area contributed by atoms with Crippen molar-refractivity contribution in [3.8, 4) is 0 Å². The lowest BCUT2D eigenvalue weighted by Gasteiger charge is -2.03. The Balaban J connectivity index is 3.28. The summed E-state index contributed by atoms with van der Waals surface area (Å²) in [5, 5.41) is 8.64. The Morgan fingerprint density at radius 1 is 1.12 bits per heavy atom. The molecule has 0 amide bonds. The SMILES string of the molecule is CC(=CCCCCCCCC(C)C)C(=O)O. The monoisotopic (exact) mass is 226 g/mol. The van der Waals surface area contributed by atoms with Gasteiger partial charge in [0.05, 0.1) is 0 Å². The first-order valence-corrected chi connectivity index (χ1v) is 6.44. The molecule has 16 heavy (non-hydrogen) atoms. The third kappa shape index (κ3) is 9.75. The number of carboxylic acid groups (broad SMARTS) is 1. The van der Waals surface area contributed by atoms with Crippen LogP contribution < -0.4 is 0 Å². The average molecular weight is 226 g/mol. The standard InChI is InChI=1S/C14H26O2/c1-12(2)10-8-6-4-5-7-9-11-13(3)14(15)16/h11-12H,4-10H2,1-3H3,(H,15,16). The van der Waals surface area contributed by atoms with Gasteiger partial charge in [0.2, 0.25) is 0 Å². The maximum atomic E-state index is 10.5.